The highest BCUT2D eigenvalue weighted by Gasteiger charge is 2.11. The largest absolute Gasteiger partial charge is 0.355 e. The second-order valence-corrected chi connectivity index (χ2v) is 4.46. The van der Waals surface area contributed by atoms with Crippen LogP contribution >= 0.6 is 0 Å². The van der Waals surface area contributed by atoms with E-state index in [1.807, 2.05) is 31.6 Å². The molecule has 0 saturated heterocycles. The summed E-state index contributed by atoms with van der Waals surface area (Å²) in [4.78, 5) is 4.29. The molecule has 2 N–H and O–H groups in total. The van der Waals surface area contributed by atoms with Crippen molar-refractivity contribution in [2.24, 2.45) is 17.1 Å². The van der Waals surface area contributed by atoms with Gasteiger partial charge in [0.2, 0.25) is 5.96 Å². The zero-order chi connectivity index (χ0) is 13.1. The number of rotatable bonds is 2. The van der Waals surface area contributed by atoms with Crippen LogP contribution in [0.3, 0.4) is 0 Å². The number of pyridine rings is 1. The van der Waals surface area contributed by atoms with E-state index in [2.05, 4.69) is 35.9 Å². The van der Waals surface area contributed by atoms with Gasteiger partial charge in [0, 0.05) is 19.2 Å². The monoisotopic (exact) mass is 257 g/mol. The lowest BCUT2D eigenvalue weighted by molar-refractivity contribution is -0.510. The summed E-state index contributed by atoms with van der Waals surface area (Å²) in [6, 6.07) is 6.10. The molecule has 0 spiro atoms. The molecule has 0 saturated carbocycles. The smallest absolute Gasteiger partial charge is 0.286 e. The number of fused-ring (bicyclic) bond motifs is 1. The molecule has 6 heteroatoms. The first-order valence-corrected chi connectivity index (χ1v) is 6.38. The predicted octanol–water partition coefficient (Wildman–Crippen LogP) is 0.0366. The van der Waals surface area contributed by atoms with Crippen LogP contribution < -0.4 is 15.1 Å². The number of hydrazone groups is 1. The molecule has 3 rings (SSSR count). The van der Waals surface area contributed by atoms with E-state index in [0.717, 1.165) is 36.8 Å². The van der Waals surface area contributed by atoms with Crippen molar-refractivity contribution in [1.29, 1.82) is 0 Å². The molecule has 0 bridgehead atoms. The predicted molar refractivity (Wildman–Crippen MR) is 74.2 cm³/mol. The molecule has 0 atom stereocenters. The molecule has 1 aliphatic rings. The van der Waals surface area contributed by atoms with Crippen LogP contribution in [0, 0.1) is 0 Å². The van der Waals surface area contributed by atoms with Gasteiger partial charge in [-0.05, 0) is 12.5 Å². The summed E-state index contributed by atoms with van der Waals surface area (Å²) in [6.45, 7) is 1.81. The van der Waals surface area contributed by atoms with Crippen molar-refractivity contribution in [1.82, 2.24) is 15.3 Å². The highest BCUT2D eigenvalue weighted by atomic mass is 15.4. The topological polar surface area (TPSA) is 57.8 Å². The molecule has 2 aromatic heterocycles. The molecule has 6 nitrogen and oxygen atoms in total. The number of nitrogens with one attached hydrogen (secondary N) is 2. The third-order valence-electron chi connectivity index (χ3n) is 3.13. The molecule has 0 radical (unpaired) electrons. The molecule has 0 aliphatic carbocycles. The van der Waals surface area contributed by atoms with Crippen LogP contribution in [0.2, 0.25) is 0 Å². The van der Waals surface area contributed by atoms with Gasteiger partial charge >= 0.3 is 0 Å². The van der Waals surface area contributed by atoms with Crippen molar-refractivity contribution < 1.29 is 4.40 Å². The van der Waals surface area contributed by atoms with E-state index in [1.165, 1.54) is 0 Å². The minimum absolute atomic E-state index is 0.744. The van der Waals surface area contributed by atoms with Crippen molar-refractivity contribution in [2.45, 2.75) is 6.42 Å². The maximum absolute atomic E-state index is 4.29. The highest BCUT2D eigenvalue weighted by molar-refractivity contribution is 5.83. The van der Waals surface area contributed by atoms with Crippen LogP contribution in [0.1, 0.15) is 12.1 Å². The van der Waals surface area contributed by atoms with Gasteiger partial charge in [-0.3, -0.25) is 4.99 Å². The first-order valence-electron chi connectivity index (χ1n) is 6.38. The Kier molecular flexibility index (Phi) is 3.14. The van der Waals surface area contributed by atoms with Crippen molar-refractivity contribution in [3.63, 3.8) is 0 Å². The summed E-state index contributed by atoms with van der Waals surface area (Å²) in [5.41, 5.74) is 5.07. The standard InChI is InChI=1S/C13H17N6/c1-18-11(10-19-8-3-2-5-12(18)19)9-16-17-13-14-6-4-7-15-13/h2-3,5,8-10H,4,6-7H2,1H3,(H2,14,15,17)/q+1/b16-9+. The first kappa shape index (κ1) is 11.7. The summed E-state index contributed by atoms with van der Waals surface area (Å²) in [7, 11) is 2.02. The van der Waals surface area contributed by atoms with Gasteiger partial charge in [-0.15, -0.1) is 0 Å². The normalized spacial score (nSPS) is 15.5. The number of aliphatic imine (C=N–C) groups is 1. The number of guanidine groups is 1. The van der Waals surface area contributed by atoms with Crippen LogP contribution in [0.15, 0.2) is 40.7 Å². The van der Waals surface area contributed by atoms with Gasteiger partial charge in [-0.25, -0.2) is 14.4 Å². The van der Waals surface area contributed by atoms with E-state index in [4.69, 9.17) is 0 Å². The number of nitrogens with zero attached hydrogens (tertiary/aromatic N) is 4. The number of imidazole rings is 1. The highest BCUT2D eigenvalue weighted by Crippen LogP contribution is 2.00. The Morgan fingerprint density at radius 3 is 3.26 bits per heavy atom. The van der Waals surface area contributed by atoms with Crippen LogP contribution in [0.25, 0.3) is 5.65 Å². The van der Waals surface area contributed by atoms with Crippen molar-refractivity contribution in [3.05, 3.63) is 36.3 Å². The third-order valence-corrected chi connectivity index (χ3v) is 3.13. The Balaban J connectivity index is 1.77. The van der Waals surface area contributed by atoms with E-state index in [1.54, 1.807) is 6.21 Å². The second-order valence-electron chi connectivity index (χ2n) is 4.46. The lowest BCUT2D eigenvalue weighted by Gasteiger charge is -2.12. The van der Waals surface area contributed by atoms with E-state index in [9.17, 15) is 0 Å². The van der Waals surface area contributed by atoms with E-state index < -0.39 is 0 Å². The average molecular weight is 257 g/mol. The number of aryl methyl sites for hydroxylation is 1. The molecule has 3 heterocycles. The van der Waals surface area contributed by atoms with Gasteiger partial charge in [0.05, 0.1) is 19.5 Å². The zero-order valence-electron chi connectivity index (χ0n) is 10.9. The van der Waals surface area contributed by atoms with Crippen molar-refractivity contribution in [3.8, 4) is 0 Å². The number of aromatic nitrogens is 2. The second kappa shape index (κ2) is 5.09. The molecule has 0 fully saturated rings. The van der Waals surface area contributed by atoms with Gasteiger partial charge in [-0.1, -0.05) is 6.07 Å². The molecular formula is C13H17N6+. The van der Waals surface area contributed by atoms with Gasteiger partial charge in [0.1, 0.15) is 6.20 Å². The van der Waals surface area contributed by atoms with Crippen molar-refractivity contribution in [2.75, 3.05) is 13.1 Å². The van der Waals surface area contributed by atoms with Gasteiger partial charge in [0.15, 0.2) is 5.69 Å². The quantitative estimate of drug-likeness (QED) is 0.453. The van der Waals surface area contributed by atoms with E-state index in [0.29, 0.717) is 0 Å². The molecule has 0 unspecified atom stereocenters. The summed E-state index contributed by atoms with van der Waals surface area (Å²) in [5.74, 6) is 0.744. The van der Waals surface area contributed by atoms with Crippen LogP contribution in [-0.4, -0.2) is 29.8 Å². The Hall–Kier alpha value is -2.37. The molecule has 1 aliphatic heterocycles. The third kappa shape index (κ3) is 2.42. The van der Waals surface area contributed by atoms with E-state index in [-0.39, 0.29) is 0 Å². The fraction of sp³-hybridized carbons (Fsp3) is 0.308. The average Bonchev–Trinajstić information content (AvgIpc) is 2.78. The van der Waals surface area contributed by atoms with E-state index >= 15 is 0 Å². The maximum atomic E-state index is 4.29. The number of hydrogen-bond donors (Lipinski definition) is 2. The van der Waals surface area contributed by atoms with Gasteiger partial charge in [0.25, 0.3) is 5.65 Å². The summed E-state index contributed by atoms with van der Waals surface area (Å²) >= 11 is 0. The molecule has 2 aromatic rings. The number of hydrogen-bond acceptors (Lipinski definition) is 4. The van der Waals surface area contributed by atoms with Gasteiger partial charge in [-0.2, -0.15) is 5.10 Å². The van der Waals surface area contributed by atoms with Crippen molar-refractivity contribution >= 4 is 17.8 Å². The van der Waals surface area contributed by atoms with Crippen LogP contribution in [0.5, 0.6) is 0 Å². The lowest BCUT2D eigenvalue weighted by atomic mass is 10.4. The van der Waals surface area contributed by atoms with Crippen LogP contribution in [0.4, 0.5) is 0 Å². The Morgan fingerprint density at radius 2 is 2.47 bits per heavy atom. The summed E-state index contributed by atoms with van der Waals surface area (Å²) in [6.07, 6.45) is 6.93. The van der Waals surface area contributed by atoms with Gasteiger partial charge < -0.3 is 5.32 Å². The summed E-state index contributed by atoms with van der Waals surface area (Å²) in [5, 5.41) is 7.38. The molecular weight excluding hydrogens is 240 g/mol. The molecule has 98 valence electrons. The summed E-state index contributed by atoms with van der Waals surface area (Å²) < 4.78 is 4.15. The Bertz CT molecular complexity index is 640. The minimum Gasteiger partial charge on any atom is -0.355 e. The van der Waals surface area contributed by atoms with Crippen LogP contribution in [-0.2, 0) is 7.05 Å². The molecule has 0 aromatic carbocycles. The SMILES string of the molecule is Cn1c(/C=N/NC2=NCCCN2)c[n+]2ccccc12. The Morgan fingerprint density at radius 1 is 1.53 bits per heavy atom. The molecule has 19 heavy (non-hydrogen) atoms. The zero-order valence-corrected chi connectivity index (χ0v) is 10.9. The fourth-order valence-electron chi connectivity index (χ4n) is 2.09. The first-order chi connectivity index (χ1) is 9.34. The Labute approximate surface area is 111 Å². The lowest BCUT2D eigenvalue weighted by Crippen LogP contribution is -2.38. The minimum atomic E-state index is 0.744. The maximum Gasteiger partial charge on any atom is 0.286 e. The molecule has 0 amide bonds. The fourth-order valence-corrected chi connectivity index (χ4v) is 2.09.